The highest BCUT2D eigenvalue weighted by molar-refractivity contribution is 5.84. The lowest BCUT2D eigenvalue weighted by molar-refractivity contribution is -0.140. The Morgan fingerprint density at radius 1 is 1.33 bits per heavy atom. The van der Waals surface area contributed by atoms with Crippen LogP contribution in [0.1, 0.15) is 36.3 Å². The molecule has 1 saturated heterocycles. The van der Waals surface area contributed by atoms with Gasteiger partial charge in [-0.05, 0) is 49.9 Å². The summed E-state index contributed by atoms with van der Waals surface area (Å²) in [5, 5.41) is 9.27. The van der Waals surface area contributed by atoms with Gasteiger partial charge in [-0.2, -0.15) is 0 Å². The van der Waals surface area contributed by atoms with Crippen molar-refractivity contribution in [3.63, 3.8) is 0 Å². The summed E-state index contributed by atoms with van der Waals surface area (Å²) in [6, 6.07) is 8.30. The zero-order chi connectivity index (χ0) is 12.8. The molecular weight excluding hydrogens is 226 g/mol. The van der Waals surface area contributed by atoms with Crippen LogP contribution in [0.15, 0.2) is 24.3 Å². The van der Waals surface area contributed by atoms with E-state index in [0.717, 1.165) is 31.5 Å². The predicted molar refractivity (Wildman–Crippen MR) is 69.8 cm³/mol. The molecule has 0 spiro atoms. The summed E-state index contributed by atoms with van der Waals surface area (Å²) < 4.78 is 0. The third kappa shape index (κ3) is 1.83. The fourth-order valence-electron chi connectivity index (χ4n) is 3.03. The zero-order valence-electron chi connectivity index (χ0n) is 10.7. The van der Waals surface area contributed by atoms with Crippen molar-refractivity contribution in [2.75, 3.05) is 20.1 Å². The fraction of sp³-hybridized carbons (Fsp3) is 0.533. The molecule has 96 valence electrons. The minimum atomic E-state index is -0.671. The number of rotatable bonds is 3. The van der Waals surface area contributed by atoms with E-state index in [1.165, 1.54) is 12.0 Å². The largest absolute Gasteiger partial charge is 0.481 e. The van der Waals surface area contributed by atoms with Crippen molar-refractivity contribution in [3.8, 4) is 0 Å². The second-order valence-corrected chi connectivity index (χ2v) is 5.76. The molecule has 1 atom stereocenters. The Kier molecular flexibility index (Phi) is 2.67. The Morgan fingerprint density at radius 3 is 2.44 bits per heavy atom. The van der Waals surface area contributed by atoms with Gasteiger partial charge in [0.1, 0.15) is 0 Å². The molecule has 1 aromatic carbocycles. The highest BCUT2D eigenvalue weighted by Gasteiger charge is 2.51. The second kappa shape index (κ2) is 4.09. The Labute approximate surface area is 107 Å². The van der Waals surface area contributed by atoms with Crippen molar-refractivity contribution >= 4 is 5.97 Å². The van der Waals surface area contributed by atoms with E-state index in [2.05, 4.69) is 24.1 Å². The maximum Gasteiger partial charge on any atom is 0.314 e. The predicted octanol–water partition coefficient (Wildman–Crippen LogP) is 2.22. The van der Waals surface area contributed by atoms with Gasteiger partial charge >= 0.3 is 5.97 Å². The number of benzene rings is 1. The number of likely N-dealkylation sites (tertiary alicyclic amines) is 1. The lowest BCUT2D eigenvalue weighted by Gasteiger charge is -2.14. The molecule has 1 heterocycles. The molecule has 1 N–H and O–H groups in total. The van der Waals surface area contributed by atoms with Crippen LogP contribution in [0, 0.1) is 0 Å². The van der Waals surface area contributed by atoms with Crippen LogP contribution in [0.5, 0.6) is 0 Å². The average Bonchev–Trinajstić information content (AvgIpc) is 3.07. The molecule has 3 heteroatoms. The Balaban J connectivity index is 1.80. The van der Waals surface area contributed by atoms with Gasteiger partial charge in [-0.25, -0.2) is 0 Å². The summed E-state index contributed by atoms with van der Waals surface area (Å²) in [5.74, 6) is -0.0557. The number of carboxylic acids is 1. The van der Waals surface area contributed by atoms with Gasteiger partial charge in [0.25, 0.3) is 0 Å². The summed E-state index contributed by atoms with van der Waals surface area (Å²) in [7, 11) is 2.15. The molecule has 0 bridgehead atoms. The van der Waals surface area contributed by atoms with E-state index >= 15 is 0 Å². The number of carboxylic acid groups (broad SMARTS) is 1. The number of nitrogens with zero attached hydrogens (tertiary/aromatic N) is 1. The van der Waals surface area contributed by atoms with Crippen LogP contribution >= 0.6 is 0 Å². The molecule has 2 aliphatic rings. The number of likely N-dealkylation sites (N-methyl/N-ethyl adjacent to an activating group) is 1. The summed E-state index contributed by atoms with van der Waals surface area (Å²) in [5.41, 5.74) is 1.76. The fourth-order valence-corrected chi connectivity index (χ4v) is 3.03. The van der Waals surface area contributed by atoms with E-state index in [4.69, 9.17) is 0 Å². The first-order valence-electron chi connectivity index (χ1n) is 6.64. The highest BCUT2D eigenvalue weighted by Crippen LogP contribution is 2.48. The minimum Gasteiger partial charge on any atom is -0.481 e. The van der Waals surface area contributed by atoms with Crippen LogP contribution in [0.2, 0.25) is 0 Å². The molecule has 1 aliphatic carbocycles. The summed E-state index contributed by atoms with van der Waals surface area (Å²) in [4.78, 5) is 13.6. The molecule has 3 rings (SSSR count). The van der Waals surface area contributed by atoms with Crippen LogP contribution < -0.4 is 0 Å². The SMILES string of the molecule is CN1CCC(c2ccc(C3(C(=O)O)CC3)cc2)C1. The molecule has 0 amide bonds. The van der Waals surface area contributed by atoms with Gasteiger partial charge in [0.2, 0.25) is 0 Å². The molecule has 1 aliphatic heterocycles. The van der Waals surface area contributed by atoms with Crippen molar-refractivity contribution in [1.29, 1.82) is 0 Å². The Bertz CT molecular complexity index is 462. The van der Waals surface area contributed by atoms with Crippen molar-refractivity contribution in [2.45, 2.75) is 30.6 Å². The first kappa shape index (κ1) is 11.7. The van der Waals surface area contributed by atoms with Gasteiger partial charge in [-0.15, -0.1) is 0 Å². The van der Waals surface area contributed by atoms with Crippen LogP contribution in [0.3, 0.4) is 0 Å². The molecule has 0 radical (unpaired) electrons. The third-order valence-electron chi connectivity index (χ3n) is 4.49. The maximum absolute atomic E-state index is 11.3. The lowest BCUT2D eigenvalue weighted by atomic mass is 9.91. The molecule has 1 unspecified atom stereocenters. The number of carbonyl (C=O) groups is 1. The molecule has 18 heavy (non-hydrogen) atoms. The van der Waals surface area contributed by atoms with Gasteiger partial charge in [-0.1, -0.05) is 24.3 Å². The molecule has 2 fully saturated rings. The van der Waals surface area contributed by atoms with E-state index in [0.29, 0.717) is 5.92 Å². The Hall–Kier alpha value is -1.35. The first-order valence-corrected chi connectivity index (χ1v) is 6.64. The molecule has 1 aromatic rings. The Morgan fingerprint density at radius 2 is 2.00 bits per heavy atom. The van der Waals surface area contributed by atoms with Gasteiger partial charge in [-0.3, -0.25) is 4.79 Å². The lowest BCUT2D eigenvalue weighted by Crippen LogP contribution is -2.19. The van der Waals surface area contributed by atoms with Crippen molar-refractivity contribution < 1.29 is 9.90 Å². The van der Waals surface area contributed by atoms with Crippen LogP contribution in [0.4, 0.5) is 0 Å². The maximum atomic E-state index is 11.3. The van der Waals surface area contributed by atoms with Gasteiger partial charge in [0.15, 0.2) is 0 Å². The molecular formula is C15H19NO2. The van der Waals surface area contributed by atoms with Gasteiger partial charge in [0, 0.05) is 6.54 Å². The molecule has 3 nitrogen and oxygen atoms in total. The van der Waals surface area contributed by atoms with E-state index in [-0.39, 0.29) is 0 Å². The smallest absolute Gasteiger partial charge is 0.314 e. The number of hydrogen-bond donors (Lipinski definition) is 1. The van der Waals surface area contributed by atoms with E-state index in [1.807, 2.05) is 12.1 Å². The van der Waals surface area contributed by atoms with E-state index in [9.17, 15) is 9.90 Å². The minimum absolute atomic E-state index is 0.564. The number of aliphatic carboxylic acids is 1. The summed E-state index contributed by atoms with van der Waals surface area (Å²) in [6.45, 7) is 2.27. The first-order chi connectivity index (χ1) is 8.62. The van der Waals surface area contributed by atoms with Crippen LogP contribution in [0.25, 0.3) is 0 Å². The van der Waals surface area contributed by atoms with Gasteiger partial charge < -0.3 is 10.0 Å². The summed E-state index contributed by atoms with van der Waals surface area (Å²) in [6.07, 6.45) is 2.78. The van der Waals surface area contributed by atoms with E-state index in [1.54, 1.807) is 0 Å². The van der Waals surface area contributed by atoms with Crippen molar-refractivity contribution in [2.24, 2.45) is 0 Å². The molecule has 1 saturated carbocycles. The van der Waals surface area contributed by atoms with Gasteiger partial charge in [0.05, 0.1) is 5.41 Å². The monoisotopic (exact) mass is 245 g/mol. The normalized spacial score (nSPS) is 26.2. The quantitative estimate of drug-likeness (QED) is 0.887. The van der Waals surface area contributed by atoms with Crippen molar-refractivity contribution in [1.82, 2.24) is 4.90 Å². The second-order valence-electron chi connectivity index (χ2n) is 5.76. The van der Waals surface area contributed by atoms with Crippen molar-refractivity contribution in [3.05, 3.63) is 35.4 Å². The number of hydrogen-bond acceptors (Lipinski definition) is 2. The average molecular weight is 245 g/mol. The topological polar surface area (TPSA) is 40.5 Å². The third-order valence-corrected chi connectivity index (χ3v) is 4.49. The summed E-state index contributed by atoms with van der Waals surface area (Å²) >= 11 is 0. The zero-order valence-corrected chi connectivity index (χ0v) is 10.7. The van der Waals surface area contributed by atoms with E-state index < -0.39 is 11.4 Å². The van der Waals surface area contributed by atoms with Crippen LogP contribution in [-0.2, 0) is 10.2 Å². The highest BCUT2D eigenvalue weighted by atomic mass is 16.4. The molecule has 0 aromatic heterocycles. The standard InChI is InChI=1S/C15H19NO2/c1-16-9-6-12(10-16)11-2-4-13(5-3-11)15(7-8-15)14(17)18/h2-5,12H,6-10H2,1H3,(H,17,18). The van der Waals surface area contributed by atoms with Crippen LogP contribution in [-0.4, -0.2) is 36.1 Å².